The standard InChI is InChI=1S/C32H36N4O7/c1-5-41-27-16-24(30-29(31(38)40-4)21(3)34-32(39)35-30)11-14-26(27)43-19-28(37)36-33-17-22-9-12-25(13-10-22)42-18-23-8-6-7-20(2)15-23/h6-17,28,30,36-37H,5,18-19H2,1-4H3,(H2,34,35,39)/b33-17-/t28-,30+/m0/s1. The SMILES string of the molecule is CCOc1cc([C@H]2NC(=O)NC(C)=C2C(=O)OC)ccc1OC[C@H](O)N/N=C\c1ccc(OCc2cccc(C)c2)cc1. The molecule has 1 aliphatic heterocycles. The highest BCUT2D eigenvalue weighted by Gasteiger charge is 2.32. The Morgan fingerprint density at radius 3 is 2.56 bits per heavy atom. The number of benzene rings is 3. The molecule has 3 aromatic rings. The van der Waals surface area contributed by atoms with Crippen molar-refractivity contribution in [1.82, 2.24) is 16.1 Å². The molecule has 0 aromatic heterocycles. The lowest BCUT2D eigenvalue weighted by molar-refractivity contribution is -0.136. The molecular formula is C32H36N4O7. The van der Waals surface area contributed by atoms with E-state index in [0.717, 1.165) is 16.9 Å². The lowest BCUT2D eigenvalue weighted by Gasteiger charge is -2.28. The number of hydrogen-bond donors (Lipinski definition) is 4. The molecule has 0 spiro atoms. The number of hydrogen-bond acceptors (Lipinski definition) is 9. The number of nitrogens with one attached hydrogen (secondary N) is 3. The summed E-state index contributed by atoms with van der Waals surface area (Å²) >= 11 is 0. The second-order valence-electron chi connectivity index (χ2n) is 9.76. The summed E-state index contributed by atoms with van der Waals surface area (Å²) < 4.78 is 22.3. The summed E-state index contributed by atoms with van der Waals surface area (Å²) in [6.07, 6.45) is 0.470. The predicted molar refractivity (Wildman–Crippen MR) is 161 cm³/mol. The van der Waals surface area contributed by atoms with E-state index >= 15 is 0 Å². The zero-order valence-corrected chi connectivity index (χ0v) is 24.5. The minimum Gasteiger partial charge on any atom is -0.490 e. The monoisotopic (exact) mass is 588 g/mol. The van der Waals surface area contributed by atoms with Gasteiger partial charge in [0.15, 0.2) is 17.7 Å². The second kappa shape index (κ2) is 14.7. The Bertz CT molecular complexity index is 1490. The molecule has 1 aliphatic rings. The third-order valence-electron chi connectivity index (χ3n) is 6.48. The van der Waals surface area contributed by atoms with Crippen LogP contribution >= 0.6 is 0 Å². The van der Waals surface area contributed by atoms with Gasteiger partial charge in [0.05, 0.1) is 31.5 Å². The fourth-order valence-corrected chi connectivity index (χ4v) is 4.44. The van der Waals surface area contributed by atoms with Crippen molar-refractivity contribution in [1.29, 1.82) is 0 Å². The van der Waals surface area contributed by atoms with Crippen LogP contribution in [0.3, 0.4) is 0 Å². The number of ether oxygens (including phenoxy) is 4. The maximum atomic E-state index is 12.4. The zero-order chi connectivity index (χ0) is 30.8. The van der Waals surface area contributed by atoms with E-state index in [1.165, 1.54) is 12.7 Å². The van der Waals surface area contributed by atoms with Crippen molar-refractivity contribution in [3.63, 3.8) is 0 Å². The number of allylic oxidation sites excluding steroid dienone is 1. The smallest absolute Gasteiger partial charge is 0.337 e. The Balaban J connectivity index is 1.32. The number of carbonyl (C=O) groups excluding carboxylic acids is 2. The molecule has 0 aliphatic carbocycles. The van der Waals surface area contributed by atoms with E-state index < -0.39 is 24.3 Å². The van der Waals surface area contributed by atoms with Crippen LogP contribution in [-0.4, -0.2) is 49.9 Å². The fourth-order valence-electron chi connectivity index (χ4n) is 4.44. The van der Waals surface area contributed by atoms with Gasteiger partial charge < -0.3 is 34.7 Å². The number of methoxy groups -OCH3 is 1. The highest BCUT2D eigenvalue weighted by molar-refractivity contribution is 5.95. The van der Waals surface area contributed by atoms with Crippen LogP contribution in [0.5, 0.6) is 17.2 Å². The summed E-state index contributed by atoms with van der Waals surface area (Å²) in [5, 5.41) is 19.8. The number of aliphatic hydroxyl groups excluding tert-OH is 1. The molecule has 11 heteroatoms. The van der Waals surface area contributed by atoms with Crippen molar-refractivity contribution >= 4 is 18.2 Å². The molecule has 0 unspecified atom stereocenters. The number of nitrogens with zero attached hydrogens (tertiary/aromatic N) is 1. The number of esters is 1. The van der Waals surface area contributed by atoms with Gasteiger partial charge in [-0.25, -0.2) is 9.59 Å². The average molecular weight is 589 g/mol. The lowest BCUT2D eigenvalue weighted by atomic mass is 9.95. The third kappa shape index (κ3) is 8.49. The molecule has 0 radical (unpaired) electrons. The first-order valence-corrected chi connectivity index (χ1v) is 13.8. The Kier molecular flexibility index (Phi) is 10.6. The number of urea groups is 1. The average Bonchev–Trinajstić information content (AvgIpc) is 2.99. The van der Waals surface area contributed by atoms with E-state index in [4.69, 9.17) is 18.9 Å². The fraction of sp³-hybridized carbons (Fsp3) is 0.281. The van der Waals surface area contributed by atoms with Gasteiger partial charge in [-0.15, -0.1) is 0 Å². The number of rotatable bonds is 13. The number of aliphatic hydroxyl groups is 1. The molecule has 0 fully saturated rings. The van der Waals surface area contributed by atoms with Crippen molar-refractivity contribution < 1.29 is 33.6 Å². The summed E-state index contributed by atoms with van der Waals surface area (Å²) in [7, 11) is 1.28. The molecule has 1 heterocycles. The van der Waals surface area contributed by atoms with Crippen molar-refractivity contribution in [2.24, 2.45) is 5.10 Å². The van der Waals surface area contributed by atoms with Crippen LogP contribution in [0, 0.1) is 6.92 Å². The van der Waals surface area contributed by atoms with E-state index in [2.05, 4.69) is 27.2 Å². The van der Waals surface area contributed by atoms with Crippen molar-refractivity contribution in [2.75, 3.05) is 20.3 Å². The van der Waals surface area contributed by atoms with Crippen LogP contribution in [-0.2, 0) is 16.1 Å². The minimum absolute atomic E-state index is 0.126. The van der Waals surface area contributed by atoms with Gasteiger partial charge in [0.2, 0.25) is 0 Å². The topological polar surface area (TPSA) is 140 Å². The quantitative estimate of drug-likeness (QED) is 0.101. The van der Waals surface area contributed by atoms with Gasteiger partial charge >= 0.3 is 12.0 Å². The lowest BCUT2D eigenvalue weighted by Crippen LogP contribution is -2.45. The molecule has 4 N–H and O–H groups in total. The van der Waals surface area contributed by atoms with Crippen LogP contribution in [0.25, 0.3) is 0 Å². The molecular weight excluding hydrogens is 552 g/mol. The van der Waals surface area contributed by atoms with Gasteiger partial charge in [0.1, 0.15) is 19.0 Å². The number of amides is 2. The maximum Gasteiger partial charge on any atom is 0.337 e. The van der Waals surface area contributed by atoms with E-state index in [0.29, 0.717) is 36.0 Å². The predicted octanol–water partition coefficient (Wildman–Crippen LogP) is 4.09. The maximum absolute atomic E-state index is 12.4. The summed E-state index contributed by atoms with van der Waals surface area (Å²) in [4.78, 5) is 24.5. The molecule has 4 rings (SSSR count). The first-order chi connectivity index (χ1) is 20.8. The number of carbonyl (C=O) groups is 2. The van der Waals surface area contributed by atoms with Crippen LogP contribution in [0.4, 0.5) is 4.79 Å². The van der Waals surface area contributed by atoms with Crippen molar-refractivity contribution in [3.8, 4) is 17.2 Å². The van der Waals surface area contributed by atoms with Gasteiger partial charge in [-0.05, 0) is 73.9 Å². The molecule has 226 valence electrons. The highest BCUT2D eigenvalue weighted by Crippen LogP contribution is 2.35. The van der Waals surface area contributed by atoms with Gasteiger partial charge in [-0.2, -0.15) is 5.10 Å². The van der Waals surface area contributed by atoms with E-state index in [-0.39, 0.29) is 12.2 Å². The minimum atomic E-state index is -1.11. The van der Waals surface area contributed by atoms with Crippen LogP contribution < -0.4 is 30.3 Å². The summed E-state index contributed by atoms with van der Waals surface area (Å²) in [5.74, 6) is 0.934. The summed E-state index contributed by atoms with van der Waals surface area (Å²) in [5.41, 5.74) is 7.02. The van der Waals surface area contributed by atoms with E-state index in [1.54, 1.807) is 31.3 Å². The Hall–Kier alpha value is -5.03. The largest absolute Gasteiger partial charge is 0.490 e. The number of aryl methyl sites for hydroxylation is 1. The van der Waals surface area contributed by atoms with Crippen LogP contribution in [0.15, 0.2) is 83.1 Å². The molecule has 2 amide bonds. The normalized spacial score (nSPS) is 15.4. The van der Waals surface area contributed by atoms with Gasteiger partial charge in [-0.3, -0.25) is 5.43 Å². The Morgan fingerprint density at radius 2 is 1.84 bits per heavy atom. The first-order valence-electron chi connectivity index (χ1n) is 13.8. The summed E-state index contributed by atoms with van der Waals surface area (Å²) in [6, 6.07) is 19.5. The first kappa shape index (κ1) is 30.9. The van der Waals surface area contributed by atoms with Gasteiger partial charge in [0.25, 0.3) is 0 Å². The molecule has 0 saturated heterocycles. The van der Waals surface area contributed by atoms with Crippen molar-refractivity contribution in [2.45, 2.75) is 39.6 Å². The molecule has 3 aromatic carbocycles. The zero-order valence-electron chi connectivity index (χ0n) is 24.5. The van der Waals surface area contributed by atoms with Gasteiger partial charge in [0, 0.05) is 5.70 Å². The molecule has 43 heavy (non-hydrogen) atoms. The molecule has 2 atom stereocenters. The molecule has 0 bridgehead atoms. The van der Waals surface area contributed by atoms with Gasteiger partial charge in [-0.1, -0.05) is 35.9 Å². The Morgan fingerprint density at radius 1 is 1.05 bits per heavy atom. The number of hydrazone groups is 1. The Labute approximate surface area is 250 Å². The third-order valence-corrected chi connectivity index (χ3v) is 6.48. The van der Waals surface area contributed by atoms with Crippen LogP contribution in [0.1, 0.15) is 42.1 Å². The molecule has 11 nitrogen and oxygen atoms in total. The highest BCUT2D eigenvalue weighted by atomic mass is 16.5. The van der Waals surface area contributed by atoms with E-state index in [9.17, 15) is 14.7 Å². The second-order valence-corrected chi connectivity index (χ2v) is 9.76. The van der Waals surface area contributed by atoms with Crippen LogP contribution in [0.2, 0.25) is 0 Å². The molecule has 0 saturated carbocycles. The van der Waals surface area contributed by atoms with Crippen molar-refractivity contribution in [3.05, 3.63) is 100 Å². The van der Waals surface area contributed by atoms with E-state index in [1.807, 2.05) is 56.3 Å². The summed E-state index contributed by atoms with van der Waals surface area (Å²) in [6.45, 7) is 6.20.